The second kappa shape index (κ2) is 9.55. The molecule has 7 nitrogen and oxygen atoms in total. The second-order valence-electron chi connectivity index (χ2n) is 7.06. The lowest BCUT2D eigenvalue weighted by Crippen LogP contribution is -2.27. The molecule has 1 atom stereocenters. The monoisotopic (exact) mass is 424 g/mol. The van der Waals surface area contributed by atoms with Gasteiger partial charge >= 0.3 is 6.18 Å². The smallest absolute Gasteiger partial charge is 0.422 e. The normalized spacial score (nSPS) is 12.4. The lowest BCUT2D eigenvalue weighted by atomic mass is 10.1. The van der Waals surface area contributed by atoms with Crippen molar-refractivity contribution in [3.05, 3.63) is 47.3 Å². The van der Waals surface area contributed by atoms with E-state index in [1.165, 1.54) is 24.4 Å². The Labute approximate surface area is 172 Å². The Kier molecular flexibility index (Phi) is 7.36. The summed E-state index contributed by atoms with van der Waals surface area (Å²) < 4.78 is 41.1. The second-order valence-corrected chi connectivity index (χ2v) is 7.06. The Balaban J connectivity index is 2.04. The van der Waals surface area contributed by atoms with Gasteiger partial charge in [-0.2, -0.15) is 13.2 Å². The highest BCUT2D eigenvalue weighted by atomic mass is 19.4. The molecule has 1 unspecified atom stereocenters. The molecule has 0 radical (unpaired) electrons. The summed E-state index contributed by atoms with van der Waals surface area (Å²) in [6.45, 7) is 5.47. The molecule has 2 N–H and O–H groups in total. The molecule has 0 saturated carbocycles. The molecule has 0 bridgehead atoms. The minimum absolute atomic E-state index is 0.162. The highest BCUT2D eigenvalue weighted by molar-refractivity contribution is 5.97. The summed E-state index contributed by atoms with van der Waals surface area (Å²) >= 11 is 0. The maximum Gasteiger partial charge on any atom is 0.422 e. The third-order valence-electron chi connectivity index (χ3n) is 3.98. The molecular formula is C20H23F3N4O3. The standard InChI is InChI=1S/C20H23F3N4O3/c1-11(2)18(28)27-16-8-15(7-12(3)25-16)19(29)26-13(4)14-5-6-17(24-9-14)30-10-20(21,22)23/h5-9,11,13H,10H2,1-4H3,(H,26,29)(H,25,27,28). The van der Waals surface area contributed by atoms with Crippen molar-refractivity contribution in [2.75, 3.05) is 11.9 Å². The zero-order valence-electron chi connectivity index (χ0n) is 17.0. The first-order valence-electron chi connectivity index (χ1n) is 9.20. The number of halogens is 3. The van der Waals surface area contributed by atoms with Gasteiger partial charge in [0.05, 0.1) is 6.04 Å². The van der Waals surface area contributed by atoms with Gasteiger partial charge in [0, 0.05) is 29.4 Å². The first kappa shape index (κ1) is 23.1. The SMILES string of the molecule is Cc1cc(C(=O)NC(C)c2ccc(OCC(F)(F)F)nc2)cc(NC(=O)C(C)C)n1. The topological polar surface area (TPSA) is 93.2 Å². The van der Waals surface area contributed by atoms with Crippen molar-refractivity contribution in [3.8, 4) is 5.88 Å². The van der Waals surface area contributed by atoms with Crippen molar-refractivity contribution >= 4 is 17.6 Å². The average Bonchev–Trinajstić information content (AvgIpc) is 2.65. The first-order chi connectivity index (χ1) is 13.9. The number of carbonyl (C=O) groups is 2. The molecule has 2 rings (SSSR count). The number of alkyl halides is 3. The fourth-order valence-electron chi connectivity index (χ4n) is 2.39. The Morgan fingerprint density at radius 1 is 1.17 bits per heavy atom. The molecular weight excluding hydrogens is 401 g/mol. The van der Waals surface area contributed by atoms with Crippen molar-refractivity contribution in [1.29, 1.82) is 0 Å². The minimum Gasteiger partial charge on any atom is -0.468 e. The van der Waals surface area contributed by atoms with E-state index in [4.69, 9.17) is 0 Å². The van der Waals surface area contributed by atoms with Gasteiger partial charge in [-0.05, 0) is 31.5 Å². The number of amides is 2. The Hall–Kier alpha value is -3.17. The quantitative estimate of drug-likeness (QED) is 0.705. The van der Waals surface area contributed by atoms with Gasteiger partial charge in [0.1, 0.15) is 5.82 Å². The van der Waals surface area contributed by atoms with E-state index in [-0.39, 0.29) is 23.5 Å². The third kappa shape index (κ3) is 7.02. The first-order valence-corrected chi connectivity index (χ1v) is 9.20. The predicted octanol–water partition coefficient (Wildman–Crippen LogP) is 3.81. The van der Waals surface area contributed by atoms with Gasteiger partial charge < -0.3 is 15.4 Å². The molecule has 0 saturated heterocycles. The lowest BCUT2D eigenvalue weighted by Gasteiger charge is -2.16. The van der Waals surface area contributed by atoms with Gasteiger partial charge in [-0.3, -0.25) is 9.59 Å². The number of hydrogen-bond acceptors (Lipinski definition) is 5. The number of anilines is 1. The summed E-state index contributed by atoms with van der Waals surface area (Å²) in [6, 6.07) is 5.42. The summed E-state index contributed by atoms with van der Waals surface area (Å²) in [6.07, 6.45) is -3.11. The number of nitrogens with one attached hydrogen (secondary N) is 2. The van der Waals surface area contributed by atoms with Crippen LogP contribution in [-0.4, -0.2) is 34.6 Å². The van der Waals surface area contributed by atoms with Crippen molar-refractivity contribution in [1.82, 2.24) is 15.3 Å². The van der Waals surface area contributed by atoms with Crippen LogP contribution in [0.5, 0.6) is 5.88 Å². The fraction of sp³-hybridized carbons (Fsp3) is 0.400. The zero-order chi connectivity index (χ0) is 22.5. The number of rotatable bonds is 7. The van der Waals surface area contributed by atoms with E-state index in [2.05, 4.69) is 25.3 Å². The van der Waals surface area contributed by atoms with E-state index >= 15 is 0 Å². The molecule has 0 spiro atoms. The Bertz CT molecular complexity index is 899. The molecule has 2 aromatic rings. The molecule has 2 aromatic heterocycles. The highest BCUT2D eigenvalue weighted by Gasteiger charge is 2.28. The molecule has 2 heterocycles. The van der Waals surface area contributed by atoms with E-state index in [0.717, 1.165) is 0 Å². The number of aryl methyl sites for hydroxylation is 1. The summed E-state index contributed by atoms with van der Waals surface area (Å²) in [5, 5.41) is 5.44. The number of nitrogens with zero attached hydrogens (tertiary/aromatic N) is 2. The van der Waals surface area contributed by atoms with Gasteiger partial charge in [-0.25, -0.2) is 9.97 Å². The predicted molar refractivity (Wildman–Crippen MR) is 104 cm³/mol. The van der Waals surface area contributed by atoms with Crippen LogP contribution in [0.25, 0.3) is 0 Å². The van der Waals surface area contributed by atoms with Crippen LogP contribution in [0.4, 0.5) is 19.0 Å². The van der Waals surface area contributed by atoms with Gasteiger partial charge in [-0.1, -0.05) is 19.9 Å². The van der Waals surface area contributed by atoms with E-state index < -0.39 is 24.7 Å². The summed E-state index contributed by atoms with van der Waals surface area (Å²) in [5.41, 5.74) is 1.45. The number of pyridine rings is 2. The van der Waals surface area contributed by atoms with Crippen LogP contribution in [0, 0.1) is 12.8 Å². The third-order valence-corrected chi connectivity index (χ3v) is 3.98. The highest BCUT2D eigenvalue weighted by Crippen LogP contribution is 2.19. The minimum atomic E-state index is -4.45. The number of aromatic nitrogens is 2. The van der Waals surface area contributed by atoms with Crippen molar-refractivity contribution in [2.24, 2.45) is 5.92 Å². The Morgan fingerprint density at radius 2 is 1.87 bits per heavy atom. The van der Waals surface area contributed by atoms with Crippen LogP contribution in [0.1, 0.15) is 48.4 Å². The molecule has 162 valence electrons. The number of carbonyl (C=O) groups excluding carboxylic acids is 2. The van der Waals surface area contributed by atoms with Crippen molar-refractivity contribution < 1.29 is 27.5 Å². The van der Waals surface area contributed by atoms with Crippen molar-refractivity contribution in [2.45, 2.75) is 39.9 Å². The summed E-state index contributed by atoms with van der Waals surface area (Å²) in [5.74, 6) is -0.735. The molecule has 0 aliphatic rings. The molecule has 0 fully saturated rings. The molecule has 2 amide bonds. The maximum absolute atomic E-state index is 12.6. The lowest BCUT2D eigenvalue weighted by molar-refractivity contribution is -0.154. The van der Waals surface area contributed by atoms with Crippen LogP contribution in [0.15, 0.2) is 30.5 Å². The van der Waals surface area contributed by atoms with E-state index in [1.807, 2.05) is 0 Å². The summed E-state index contributed by atoms with van der Waals surface area (Å²) in [4.78, 5) is 32.5. The van der Waals surface area contributed by atoms with Crippen LogP contribution in [0.2, 0.25) is 0 Å². The van der Waals surface area contributed by atoms with Gasteiger partial charge in [-0.15, -0.1) is 0 Å². The van der Waals surface area contributed by atoms with Gasteiger partial charge in [0.25, 0.3) is 5.91 Å². The molecule has 30 heavy (non-hydrogen) atoms. The van der Waals surface area contributed by atoms with Crippen LogP contribution < -0.4 is 15.4 Å². The number of hydrogen-bond donors (Lipinski definition) is 2. The van der Waals surface area contributed by atoms with Crippen LogP contribution >= 0.6 is 0 Å². The molecule has 0 aromatic carbocycles. The van der Waals surface area contributed by atoms with Crippen LogP contribution in [-0.2, 0) is 4.79 Å². The molecule has 10 heteroatoms. The average molecular weight is 424 g/mol. The molecule has 0 aliphatic heterocycles. The van der Waals surface area contributed by atoms with E-state index in [9.17, 15) is 22.8 Å². The van der Waals surface area contributed by atoms with Gasteiger partial charge in [0.2, 0.25) is 11.8 Å². The number of ether oxygens (including phenoxy) is 1. The Morgan fingerprint density at radius 3 is 2.43 bits per heavy atom. The van der Waals surface area contributed by atoms with Gasteiger partial charge in [0.15, 0.2) is 6.61 Å². The van der Waals surface area contributed by atoms with Crippen molar-refractivity contribution in [3.63, 3.8) is 0 Å². The molecule has 0 aliphatic carbocycles. The zero-order valence-corrected chi connectivity index (χ0v) is 17.0. The fourth-order valence-corrected chi connectivity index (χ4v) is 2.39. The van der Waals surface area contributed by atoms with E-state index in [0.29, 0.717) is 16.8 Å². The van der Waals surface area contributed by atoms with Crippen LogP contribution in [0.3, 0.4) is 0 Å². The maximum atomic E-state index is 12.6. The largest absolute Gasteiger partial charge is 0.468 e. The van der Waals surface area contributed by atoms with E-state index in [1.54, 1.807) is 33.8 Å². The summed E-state index contributed by atoms with van der Waals surface area (Å²) in [7, 11) is 0.